The fourth-order valence-corrected chi connectivity index (χ4v) is 4.81. The third-order valence-corrected chi connectivity index (χ3v) is 6.40. The molecule has 1 aliphatic heterocycles. The van der Waals surface area contributed by atoms with E-state index in [9.17, 15) is 9.59 Å². The van der Waals surface area contributed by atoms with Gasteiger partial charge in [0.25, 0.3) is 0 Å². The van der Waals surface area contributed by atoms with Gasteiger partial charge in [0.1, 0.15) is 0 Å². The summed E-state index contributed by atoms with van der Waals surface area (Å²) in [5, 5.41) is 7.61. The smallest absolute Gasteiger partial charge is 0.309 e. The summed E-state index contributed by atoms with van der Waals surface area (Å²) in [7, 11) is 3.16. The van der Waals surface area contributed by atoms with E-state index in [0.29, 0.717) is 37.7 Å². The van der Waals surface area contributed by atoms with Crippen molar-refractivity contribution < 1.29 is 23.8 Å². The van der Waals surface area contributed by atoms with Gasteiger partial charge in [-0.2, -0.15) is 0 Å². The summed E-state index contributed by atoms with van der Waals surface area (Å²) in [6.07, 6.45) is 0.570. The monoisotopic (exact) mass is 461 g/mol. The number of ether oxygens (including phenoxy) is 3. The van der Waals surface area contributed by atoms with Gasteiger partial charge in [-0.3, -0.25) is 14.5 Å². The Labute approximate surface area is 192 Å². The zero-order valence-corrected chi connectivity index (χ0v) is 19.6. The van der Waals surface area contributed by atoms with Gasteiger partial charge in [-0.15, -0.1) is 11.3 Å². The third kappa shape index (κ3) is 6.21. The number of morpholine rings is 1. The van der Waals surface area contributed by atoms with Crippen molar-refractivity contribution in [2.24, 2.45) is 0 Å². The van der Waals surface area contributed by atoms with E-state index in [1.165, 1.54) is 0 Å². The van der Waals surface area contributed by atoms with Gasteiger partial charge in [-0.1, -0.05) is 12.1 Å². The standard InChI is InChI=1S/C23H31N3O5S/c1-16(21(20-5-4-14-32-20)26-10-12-31-13-11-26)25-23(28)22(27)24-9-8-17-6-7-18(29-2)19(15-17)30-3/h4-7,14-16,21H,8-13H2,1-3H3,(H,24,27)(H,25,28)/t16-,21+/m0/s1. The summed E-state index contributed by atoms with van der Waals surface area (Å²) in [6, 6.07) is 9.43. The highest BCUT2D eigenvalue weighted by molar-refractivity contribution is 7.10. The van der Waals surface area contributed by atoms with E-state index in [1.807, 2.05) is 36.6 Å². The van der Waals surface area contributed by atoms with Gasteiger partial charge in [0.05, 0.1) is 33.5 Å². The minimum atomic E-state index is -0.635. The van der Waals surface area contributed by atoms with E-state index in [4.69, 9.17) is 14.2 Å². The molecule has 0 radical (unpaired) electrons. The molecule has 2 heterocycles. The molecule has 2 aromatic rings. The third-order valence-electron chi connectivity index (χ3n) is 5.46. The first kappa shape index (κ1) is 24.0. The summed E-state index contributed by atoms with van der Waals surface area (Å²) in [6.45, 7) is 5.20. The molecule has 1 aromatic heterocycles. The van der Waals surface area contributed by atoms with Gasteiger partial charge in [0.15, 0.2) is 11.5 Å². The second-order valence-electron chi connectivity index (χ2n) is 7.57. The molecule has 32 heavy (non-hydrogen) atoms. The average molecular weight is 462 g/mol. The number of rotatable bonds is 9. The van der Waals surface area contributed by atoms with Crippen LogP contribution in [0.4, 0.5) is 0 Å². The van der Waals surface area contributed by atoms with E-state index in [2.05, 4.69) is 21.6 Å². The summed E-state index contributed by atoms with van der Waals surface area (Å²) >= 11 is 1.65. The summed E-state index contributed by atoms with van der Waals surface area (Å²) in [4.78, 5) is 28.4. The van der Waals surface area contributed by atoms with Gasteiger partial charge in [-0.25, -0.2) is 0 Å². The van der Waals surface area contributed by atoms with Gasteiger partial charge in [-0.05, 0) is 42.5 Å². The molecule has 1 aromatic carbocycles. The molecule has 0 spiro atoms. The van der Waals surface area contributed by atoms with Crippen LogP contribution in [0, 0.1) is 0 Å². The molecule has 1 aliphatic rings. The normalized spacial score (nSPS) is 16.1. The fraction of sp³-hybridized carbons (Fsp3) is 0.478. The number of hydrogen-bond acceptors (Lipinski definition) is 7. The predicted octanol–water partition coefficient (Wildman–Crippen LogP) is 2.00. The largest absolute Gasteiger partial charge is 0.493 e. The number of amides is 2. The zero-order valence-electron chi connectivity index (χ0n) is 18.8. The molecule has 1 fully saturated rings. The topological polar surface area (TPSA) is 89.1 Å². The number of nitrogens with zero attached hydrogens (tertiary/aromatic N) is 1. The fourth-order valence-electron chi connectivity index (χ4n) is 3.85. The van der Waals surface area contributed by atoms with Crippen molar-refractivity contribution in [1.82, 2.24) is 15.5 Å². The van der Waals surface area contributed by atoms with Crippen LogP contribution < -0.4 is 20.1 Å². The Kier molecular flexibility index (Phi) is 8.90. The SMILES string of the molecule is COc1ccc(CCNC(=O)C(=O)N[C@@H](C)[C@H](c2cccs2)N2CCOCC2)cc1OC. The summed E-state index contributed by atoms with van der Waals surface area (Å²) in [5.41, 5.74) is 0.974. The van der Waals surface area contributed by atoms with Gasteiger partial charge in [0, 0.05) is 30.6 Å². The maximum atomic E-state index is 12.5. The molecule has 2 N–H and O–H groups in total. The maximum absolute atomic E-state index is 12.5. The number of carbonyl (C=O) groups is 2. The van der Waals surface area contributed by atoms with E-state index >= 15 is 0 Å². The molecule has 3 rings (SSSR count). The van der Waals surface area contributed by atoms with Crippen LogP contribution >= 0.6 is 11.3 Å². The molecular formula is C23H31N3O5S. The van der Waals surface area contributed by atoms with Gasteiger partial charge < -0.3 is 24.8 Å². The Hall–Kier alpha value is -2.62. The molecule has 0 unspecified atom stereocenters. The first-order valence-corrected chi connectivity index (χ1v) is 11.6. The number of hydrogen-bond donors (Lipinski definition) is 2. The van der Waals surface area contributed by atoms with Gasteiger partial charge >= 0.3 is 11.8 Å². The van der Waals surface area contributed by atoms with Crippen LogP contribution in [0.2, 0.25) is 0 Å². The maximum Gasteiger partial charge on any atom is 0.309 e. The highest BCUT2D eigenvalue weighted by Crippen LogP contribution is 2.29. The lowest BCUT2D eigenvalue weighted by Gasteiger charge is -2.37. The molecule has 2 amide bonds. The van der Waals surface area contributed by atoms with Crippen LogP contribution in [0.25, 0.3) is 0 Å². The number of methoxy groups -OCH3 is 2. The van der Waals surface area contributed by atoms with Crippen molar-refractivity contribution in [3.63, 3.8) is 0 Å². The van der Waals surface area contributed by atoms with Crippen LogP contribution in [0.15, 0.2) is 35.7 Å². The van der Waals surface area contributed by atoms with E-state index in [0.717, 1.165) is 23.5 Å². The van der Waals surface area contributed by atoms with Gasteiger partial charge in [0.2, 0.25) is 0 Å². The first-order valence-electron chi connectivity index (χ1n) is 10.7. The number of benzene rings is 1. The highest BCUT2D eigenvalue weighted by Gasteiger charge is 2.30. The average Bonchev–Trinajstić information content (AvgIpc) is 3.33. The van der Waals surface area contributed by atoms with Crippen molar-refractivity contribution in [3.05, 3.63) is 46.2 Å². The van der Waals surface area contributed by atoms with Crippen LogP contribution in [0.3, 0.4) is 0 Å². The van der Waals surface area contributed by atoms with Crippen LogP contribution in [-0.2, 0) is 20.7 Å². The number of carbonyl (C=O) groups excluding carboxylic acids is 2. The van der Waals surface area contributed by atoms with Crippen molar-refractivity contribution in [2.45, 2.75) is 25.4 Å². The second kappa shape index (κ2) is 11.8. The molecule has 0 saturated carbocycles. The molecule has 8 nitrogen and oxygen atoms in total. The quantitative estimate of drug-likeness (QED) is 0.556. The Balaban J connectivity index is 1.53. The Morgan fingerprint density at radius 3 is 2.53 bits per heavy atom. The lowest BCUT2D eigenvalue weighted by molar-refractivity contribution is -0.139. The van der Waals surface area contributed by atoms with E-state index < -0.39 is 11.8 Å². The minimum Gasteiger partial charge on any atom is -0.493 e. The molecule has 2 atom stereocenters. The van der Waals surface area contributed by atoms with Crippen molar-refractivity contribution in [2.75, 3.05) is 47.1 Å². The predicted molar refractivity (Wildman–Crippen MR) is 123 cm³/mol. The van der Waals surface area contributed by atoms with Crippen molar-refractivity contribution >= 4 is 23.2 Å². The first-order chi connectivity index (χ1) is 15.5. The zero-order chi connectivity index (χ0) is 22.9. The summed E-state index contributed by atoms with van der Waals surface area (Å²) in [5.74, 6) is 0.0173. The second-order valence-corrected chi connectivity index (χ2v) is 8.55. The molecular weight excluding hydrogens is 430 g/mol. The Morgan fingerprint density at radius 2 is 1.88 bits per heavy atom. The number of thiophene rings is 1. The lowest BCUT2D eigenvalue weighted by Crippen LogP contribution is -2.51. The van der Waals surface area contributed by atoms with Crippen LogP contribution in [-0.4, -0.2) is 69.8 Å². The van der Waals surface area contributed by atoms with E-state index in [1.54, 1.807) is 25.6 Å². The molecule has 9 heteroatoms. The van der Waals surface area contributed by atoms with E-state index in [-0.39, 0.29) is 12.1 Å². The van der Waals surface area contributed by atoms with Crippen LogP contribution in [0.5, 0.6) is 11.5 Å². The van der Waals surface area contributed by atoms with Crippen molar-refractivity contribution in [1.29, 1.82) is 0 Å². The molecule has 0 bridgehead atoms. The van der Waals surface area contributed by atoms with Crippen LogP contribution in [0.1, 0.15) is 23.4 Å². The summed E-state index contributed by atoms with van der Waals surface area (Å²) < 4.78 is 16.0. The lowest BCUT2D eigenvalue weighted by atomic mass is 10.1. The molecule has 1 saturated heterocycles. The molecule has 174 valence electrons. The molecule has 0 aliphatic carbocycles. The Morgan fingerprint density at radius 1 is 1.12 bits per heavy atom. The highest BCUT2D eigenvalue weighted by atomic mass is 32.1. The van der Waals surface area contributed by atoms with Crippen molar-refractivity contribution in [3.8, 4) is 11.5 Å². The Bertz CT molecular complexity index is 884. The number of nitrogens with one attached hydrogen (secondary N) is 2. The minimum absolute atomic E-state index is 0.00224.